The van der Waals surface area contributed by atoms with Gasteiger partial charge < -0.3 is 4.52 Å². The second-order valence-corrected chi connectivity index (χ2v) is 12.0. The molecule has 1 N–H and O–H groups in total. The van der Waals surface area contributed by atoms with E-state index < -0.39 is 20.0 Å². The fourth-order valence-corrected chi connectivity index (χ4v) is 5.77. The van der Waals surface area contributed by atoms with E-state index in [1.54, 1.807) is 55.5 Å². The Balaban J connectivity index is 1.40. The van der Waals surface area contributed by atoms with Crippen LogP contribution in [-0.4, -0.2) is 50.1 Å². The monoisotopic (exact) mass is 490 g/mol. The first-order chi connectivity index (χ1) is 15.7. The van der Waals surface area contributed by atoms with Crippen LogP contribution in [0.2, 0.25) is 0 Å². The minimum atomic E-state index is -3.52. The van der Waals surface area contributed by atoms with Crippen molar-refractivity contribution in [2.24, 2.45) is 0 Å². The van der Waals surface area contributed by atoms with Crippen molar-refractivity contribution in [2.75, 3.05) is 23.6 Å². The maximum Gasteiger partial charge on any atom is 0.243 e. The molecule has 1 aliphatic heterocycles. The van der Waals surface area contributed by atoms with Gasteiger partial charge in [-0.25, -0.2) is 16.8 Å². The van der Waals surface area contributed by atoms with E-state index in [9.17, 15) is 16.8 Å². The van der Waals surface area contributed by atoms with E-state index in [1.165, 1.54) is 4.31 Å². The van der Waals surface area contributed by atoms with Crippen molar-refractivity contribution in [3.63, 3.8) is 0 Å². The van der Waals surface area contributed by atoms with Gasteiger partial charge in [0.15, 0.2) is 0 Å². The number of sulfonamides is 2. The second-order valence-electron chi connectivity index (χ2n) is 8.03. The highest BCUT2D eigenvalue weighted by Gasteiger charge is 2.32. The second kappa shape index (κ2) is 9.24. The van der Waals surface area contributed by atoms with E-state index in [4.69, 9.17) is 4.52 Å². The maximum absolute atomic E-state index is 12.9. The summed E-state index contributed by atoms with van der Waals surface area (Å²) in [7, 11) is -6.87. The van der Waals surface area contributed by atoms with Crippen molar-refractivity contribution < 1.29 is 21.4 Å². The lowest BCUT2D eigenvalue weighted by Crippen LogP contribution is -2.37. The number of aryl methyl sites for hydroxylation is 1. The van der Waals surface area contributed by atoms with Crippen LogP contribution in [0.4, 0.5) is 5.69 Å². The molecule has 1 aromatic heterocycles. The van der Waals surface area contributed by atoms with Gasteiger partial charge in [0, 0.05) is 30.3 Å². The largest absolute Gasteiger partial charge is 0.339 e. The van der Waals surface area contributed by atoms with Gasteiger partial charge in [0.1, 0.15) is 0 Å². The van der Waals surface area contributed by atoms with Crippen molar-refractivity contribution in [3.05, 3.63) is 60.0 Å². The Hall–Kier alpha value is -2.76. The summed E-state index contributed by atoms with van der Waals surface area (Å²) < 4.78 is 58.6. The van der Waals surface area contributed by atoms with Crippen molar-refractivity contribution >= 4 is 25.7 Å². The number of hydrogen-bond acceptors (Lipinski definition) is 7. The molecule has 0 radical (unpaired) electrons. The first-order valence-corrected chi connectivity index (χ1v) is 13.8. The number of nitrogens with one attached hydrogen (secondary N) is 1. The molecular formula is C22H26N4O5S2. The zero-order chi connectivity index (χ0) is 23.6. The van der Waals surface area contributed by atoms with E-state index in [0.29, 0.717) is 53.8 Å². The minimum absolute atomic E-state index is 0.00586. The summed E-state index contributed by atoms with van der Waals surface area (Å²) in [5.74, 6) is 0.859. The lowest BCUT2D eigenvalue weighted by molar-refractivity contribution is 0.271. The fraction of sp³-hybridized carbons (Fsp3) is 0.364. The van der Waals surface area contributed by atoms with Crippen LogP contribution >= 0.6 is 0 Å². The summed E-state index contributed by atoms with van der Waals surface area (Å²) in [5, 5.41) is 4.05. The maximum atomic E-state index is 12.9. The Morgan fingerprint density at radius 2 is 1.64 bits per heavy atom. The Bertz CT molecular complexity index is 1310. The average molecular weight is 491 g/mol. The number of nitrogens with zero attached hydrogens (tertiary/aromatic N) is 3. The lowest BCUT2D eigenvalue weighted by Gasteiger charge is -2.29. The topological polar surface area (TPSA) is 122 Å². The van der Waals surface area contributed by atoms with Crippen molar-refractivity contribution in [3.8, 4) is 11.4 Å². The van der Waals surface area contributed by atoms with Crippen LogP contribution in [0.25, 0.3) is 11.4 Å². The van der Waals surface area contributed by atoms with E-state index in [-0.39, 0.29) is 11.7 Å². The van der Waals surface area contributed by atoms with Gasteiger partial charge in [-0.1, -0.05) is 22.9 Å². The standard InChI is InChI=1S/C22H26N4O5S2/c1-3-32(27,28)25-19-8-6-17(7-9-19)21-23-22(31-24-21)18-12-14-26(15-13-18)33(29,30)20-10-4-16(2)5-11-20/h4-11,18,25H,3,12-15H2,1-2H3. The molecule has 0 aliphatic carbocycles. The smallest absolute Gasteiger partial charge is 0.243 e. The Labute approximate surface area is 193 Å². The molecule has 1 aliphatic rings. The molecule has 0 amide bonds. The van der Waals surface area contributed by atoms with Gasteiger partial charge >= 0.3 is 0 Å². The Kier molecular flexibility index (Phi) is 6.55. The molecule has 2 aromatic carbocycles. The highest BCUT2D eigenvalue weighted by atomic mass is 32.2. The van der Waals surface area contributed by atoms with Crippen molar-refractivity contribution in [1.29, 1.82) is 0 Å². The van der Waals surface area contributed by atoms with Gasteiger partial charge in [-0.15, -0.1) is 0 Å². The van der Waals surface area contributed by atoms with Crippen LogP contribution < -0.4 is 4.72 Å². The first kappa shape index (κ1) is 23.4. The zero-order valence-electron chi connectivity index (χ0n) is 18.4. The molecule has 0 bridgehead atoms. The van der Waals surface area contributed by atoms with Crippen LogP contribution in [0.15, 0.2) is 57.9 Å². The van der Waals surface area contributed by atoms with Gasteiger partial charge in [-0.3, -0.25) is 4.72 Å². The third-order valence-corrected chi connectivity index (χ3v) is 8.92. The number of piperidine rings is 1. The predicted octanol–water partition coefficient (Wildman–Crippen LogP) is 3.37. The van der Waals surface area contributed by atoms with Gasteiger partial charge in [-0.2, -0.15) is 9.29 Å². The van der Waals surface area contributed by atoms with E-state index >= 15 is 0 Å². The third-order valence-electron chi connectivity index (χ3n) is 5.70. The average Bonchev–Trinajstić information content (AvgIpc) is 3.30. The van der Waals surface area contributed by atoms with Gasteiger partial charge in [0.05, 0.1) is 10.6 Å². The summed E-state index contributed by atoms with van der Waals surface area (Å²) in [4.78, 5) is 4.80. The third kappa shape index (κ3) is 5.26. The molecule has 4 rings (SSSR count). The zero-order valence-corrected chi connectivity index (χ0v) is 20.1. The molecule has 9 nitrogen and oxygen atoms in total. The van der Waals surface area contributed by atoms with Gasteiger partial charge in [-0.05, 0) is 63.1 Å². The summed E-state index contributed by atoms with van der Waals surface area (Å²) in [6.07, 6.45) is 1.18. The normalized spacial score (nSPS) is 16.1. The highest BCUT2D eigenvalue weighted by Crippen LogP contribution is 2.31. The van der Waals surface area contributed by atoms with E-state index in [1.807, 2.05) is 6.92 Å². The molecule has 3 aromatic rings. The molecule has 1 saturated heterocycles. The number of anilines is 1. The van der Waals surface area contributed by atoms with Gasteiger partial charge in [0.2, 0.25) is 31.8 Å². The van der Waals surface area contributed by atoms with Crippen molar-refractivity contribution in [1.82, 2.24) is 14.4 Å². The number of rotatable bonds is 7. The van der Waals surface area contributed by atoms with E-state index in [0.717, 1.165) is 5.56 Å². The molecule has 11 heteroatoms. The van der Waals surface area contributed by atoms with Crippen LogP contribution in [0.3, 0.4) is 0 Å². The molecule has 1 fully saturated rings. The first-order valence-electron chi connectivity index (χ1n) is 10.7. The van der Waals surface area contributed by atoms with E-state index in [2.05, 4.69) is 14.9 Å². The summed E-state index contributed by atoms with van der Waals surface area (Å²) in [5.41, 5.74) is 2.17. The summed E-state index contributed by atoms with van der Waals surface area (Å²) >= 11 is 0. The van der Waals surface area contributed by atoms with Crippen LogP contribution in [0.5, 0.6) is 0 Å². The molecule has 0 unspecified atom stereocenters. The van der Waals surface area contributed by atoms with Crippen LogP contribution in [0, 0.1) is 6.92 Å². The minimum Gasteiger partial charge on any atom is -0.339 e. The Morgan fingerprint density at radius 1 is 1.00 bits per heavy atom. The predicted molar refractivity (Wildman–Crippen MR) is 125 cm³/mol. The number of hydrogen-bond donors (Lipinski definition) is 1. The Morgan fingerprint density at radius 3 is 2.24 bits per heavy atom. The molecule has 0 spiro atoms. The van der Waals surface area contributed by atoms with Crippen LogP contribution in [-0.2, 0) is 20.0 Å². The molecule has 2 heterocycles. The van der Waals surface area contributed by atoms with Crippen molar-refractivity contribution in [2.45, 2.75) is 37.5 Å². The fourth-order valence-electron chi connectivity index (χ4n) is 3.66. The molecule has 0 atom stereocenters. The number of aromatic nitrogens is 2. The van der Waals surface area contributed by atoms with Crippen LogP contribution in [0.1, 0.15) is 37.1 Å². The highest BCUT2D eigenvalue weighted by molar-refractivity contribution is 7.92. The summed E-state index contributed by atoms with van der Waals surface area (Å²) in [6.45, 7) is 4.25. The molecule has 176 valence electrons. The van der Waals surface area contributed by atoms with Gasteiger partial charge in [0.25, 0.3) is 0 Å². The molecule has 0 saturated carbocycles. The summed E-state index contributed by atoms with van der Waals surface area (Å²) in [6, 6.07) is 13.6. The number of benzene rings is 2. The lowest BCUT2D eigenvalue weighted by atomic mass is 9.98. The SMILES string of the molecule is CCS(=O)(=O)Nc1ccc(-c2noc(C3CCN(S(=O)(=O)c4ccc(C)cc4)CC3)n2)cc1. The molecular weight excluding hydrogens is 464 g/mol. The molecule has 33 heavy (non-hydrogen) atoms. The quantitative estimate of drug-likeness (QED) is 0.539.